The van der Waals surface area contributed by atoms with Gasteiger partial charge >= 0.3 is 0 Å². The number of carbonyl (C=O) groups is 1. The molecule has 0 atom stereocenters. The maximum atomic E-state index is 11.8. The summed E-state index contributed by atoms with van der Waals surface area (Å²) in [5.74, 6) is 0.811. The van der Waals surface area contributed by atoms with Crippen molar-refractivity contribution in [2.24, 2.45) is 0 Å². The Hall–Kier alpha value is -2.54. The lowest BCUT2D eigenvalue weighted by Gasteiger charge is -2.04. The first-order valence-corrected chi connectivity index (χ1v) is 7.22. The van der Waals surface area contributed by atoms with Crippen molar-refractivity contribution in [3.63, 3.8) is 0 Å². The molecule has 106 valence electrons. The molecule has 1 amide bonds. The van der Waals surface area contributed by atoms with Crippen LogP contribution in [0.4, 0.5) is 5.69 Å². The van der Waals surface area contributed by atoms with Gasteiger partial charge in [0.2, 0.25) is 0 Å². The summed E-state index contributed by atoms with van der Waals surface area (Å²) < 4.78 is 5.04. The summed E-state index contributed by atoms with van der Waals surface area (Å²) in [4.78, 5) is 15.9. The van der Waals surface area contributed by atoms with Crippen LogP contribution in [0.5, 0.6) is 0 Å². The number of thioether (sulfide) groups is 1. The fourth-order valence-corrected chi connectivity index (χ4v) is 2.44. The lowest BCUT2D eigenvalue weighted by atomic mass is 10.2. The van der Waals surface area contributed by atoms with Gasteiger partial charge in [-0.1, -0.05) is 23.9 Å². The van der Waals surface area contributed by atoms with Crippen LogP contribution in [0.25, 0.3) is 0 Å². The van der Waals surface area contributed by atoms with Crippen LogP contribution < -0.4 is 5.32 Å². The van der Waals surface area contributed by atoms with E-state index in [0.29, 0.717) is 5.76 Å². The number of furan rings is 1. The SMILES string of the molecule is O=C(Nc1ccc(CSc2ncn[nH]2)cc1)c1ccco1. The molecule has 0 aliphatic carbocycles. The van der Waals surface area contributed by atoms with E-state index in [-0.39, 0.29) is 5.91 Å². The lowest BCUT2D eigenvalue weighted by Crippen LogP contribution is -2.10. The summed E-state index contributed by atoms with van der Waals surface area (Å²) in [7, 11) is 0. The Bertz CT molecular complexity index is 693. The smallest absolute Gasteiger partial charge is 0.291 e. The second-order valence-corrected chi connectivity index (χ2v) is 5.17. The van der Waals surface area contributed by atoms with Gasteiger partial charge in [0, 0.05) is 11.4 Å². The molecule has 0 unspecified atom stereocenters. The first kappa shape index (κ1) is 13.4. The molecule has 0 saturated carbocycles. The van der Waals surface area contributed by atoms with Crippen LogP contribution in [-0.4, -0.2) is 21.1 Å². The van der Waals surface area contributed by atoms with Gasteiger partial charge in [-0.05, 0) is 29.8 Å². The highest BCUT2D eigenvalue weighted by Crippen LogP contribution is 2.20. The van der Waals surface area contributed by atoms with Crippen molar-refractivity contribution in [3.05, 3.63) is 60.3 Å². The van der Waals surface area contributed by atoms with Gasteiger partial charge in [-0.15, -0.1) is 0 Å². The summed E-state index contributed by atoms with van der Waals surface area (Å²) in [6, 6.07) is 10.9. The summed E-state index contributed by atoms with van der Waals surface area (Å²) in [5.41, 5.74) is 1.86. The van der Waals surface area contributed by atoms with E-state index in [4.69, 9.17) is 4.42 Å². The molecule has 2 heterocycles. The van der Waals surface area contributed by atoms with Gasteiger partial charge in [-0.3, -0.25) is 9.89 Å². The molecule has 2 N–H and O–H groups in total. The zero-order chi connectivity index (χ0) is 14.5. The van der Waals surface area contributed by atoms with Crippen molar-refractivity contribution in [1.29, 1.82) is 0 Å². The molecule has 7 heteroatoms. The minimum absolute atomic E-state index is 0.260. The van der Waals surface area contributed by atoms with Crippen molar-refractivity contribution in [1.82, 2.24) is 15.2 Å². The molecule has 2 aromatic heterocycles. The molecule has 3 rings (SSSR count). The molecule has 0 fully saturated rings. The largest absolute Gasteiger partial charge is 0.459 e. The van der Waals surface area contributed by atoms with E-state index in [1.807, 2.05) is 24.3 Å². The van der Waals surface area contributed by atoms with E-state index in [2.05, 4.69) is 20.5 Å². The van der Waals surface area contributed by atoms with Crippen molar-refractivity contribution < 1.29 is 9.21 Å². The van der Waals surface area contributed by atoms with Crippen molar-refractivity contribution in [3.8, 4) is 0 Å². The number of nitrogens with one attached hydrogen (secondary N) is 2. The third kappa shape index (κ3) is 3.51. The number of anilines is 1. The van der Waals surface area contributed by atoms with Crippen LogP contribution in [0.15, 0.2) is 58.6 Å². The van der Waals surface area contributed by atoms with Gasteiger partial charge in [0.25, 0.3) is 5.91 Å². The number of rotatable bonds is 5. The molecule has 0 spiro atoms. The third-order valence-corrected chi connectivity index (χ3v) is 3.67. The van der Waals surface area contributed by atoms with Gasteiger partial charge < -0.3 is 9.73 Å². The van der Waals surface area contributed by atoms with Gasteiger partial charge in [0.05, 0.1) is 6.26 Å². The van der Waals surface area contributed by atoms with Crippen LogP contribution in [0.2, 0.25) is 0 Å². The molecule has 0 aliphatic rings. The average molecular weight is 300 g/mol. The third-order valence-electron chi connectivity index (χ3n) is 2.73. The average Bonchev–Trinajstić information content (AvgIpc) is 3.20. The molecule has 0 radical (unpaired) electrons. The second kappa shape index (κ2) is 6.27. The zero-order valence-corrected chi connectivity index (χ0v) is 11.8. The molecule has 0 saturated heterocycles. The molecular weight excluding hydrogens is 288 g/mol. The topological polar surface area (TPSA) is 83.8 Å². The highest BCUT2D eigenvalue weighted by atomic mass is 32.2. The second-order valence-electron chi connectivity index (χ2n) is 4.21. The first-order valence-electron chi connectivity index (χ1n) is 6.23. The Balaban J connectivity index is 1.57. The molecule has 0 aliphatic heterocycles. The van der Waals surface area contributed by atoms with Crippen LogP contribution in [-0.2, 0) is 5.75 Å². The lowest BCUT2D eigenvalue weighted by molar-refractivity contribution is 0.0996. The van der Waals surface area contributed by atoms with Gasteiger partial charge in [0.15, 0.2) is 10.9 Å². The number of aromatic amines is 1. The fourth-order valence-electron chi connectivity index (χ4n) is 1.70. The molecule has 0 bridgehead atoms. The van der Waals surface area contributed by atoms with Gasteiger partial charge in [0.1, 0.15) is 6.33 Å². The van der Waals surface area contributed by atoms with Crippen molar-refractivity contribution in [2.75, 3.05) is 5.32 Å². The predicted molar refractivity (Wildman–Crippen MR) is 79.0 cm³/mol. The maximum absolute atomic E-state index is 11.8. The summed E-state index contributed by atoms with van der Waals surface area (Å²) in [6.07, 6.45) is 2.95. The summed E-state index contributed by atoms with van der Waals surface area (Å²) in [5, 5.41) is 10.1. The maximum Gasteiger partial charge on any atom is 0.291 e. The fraction of sp³-hybridized carbons (Fsp3) is 0.0714. The highest BCUT2D eigenvalue weighted by Gasteiger charge is 2.08. The number of amides is 1. The number of hydrogen-bond acceptors (Lipinski definition) is 5. The molecule has 6 nitrogen and oxygen atoms in total. The molecular formula is C14H12N4O2S. The first-order chi connectivity index (χ1) is 10.3. The Kier molecular flexibility index (Phi) is 4.02. The minimum atomic E-state index is -0.260. The van der Waals surface area contributed by atoms with Gasteiger partial charge in [-0.2, -0.15) is 5.10 Å². The van der Waals surface area contributed by atoms with Crippen LogP contribution in [0.3, 0.4) is 0 Å². The Labute approximate surface area is 125 Å². The zero-order valence-electron chi connectivity index (χ0n) is 10.9. The summed E-state index contributed by atoms with van der Waals surface area (Å²) in [6.45, 7) is 0. The number of H-pyrrole nitrogens is 1. The number of benzene rings is 1. The van der Waals surface area contributed by atoms with E-state index >= 15 is 0 Å². The standard InChI is InChI=1S/C14H12N4O2S/c19-13(12-2-1-7-20-12)17-11-5-3-10(4-6-11)8-21-14-15-9-16-18-14/h1-7,9H,8H2,(H,17,19)(H,15,16,18). The number of carbonyl (C=O) groups excluding carboxylic acids is 1. The van der Waals surface area contributed by atoms with Crippen LogP contribution >= 0.6 is 11.8 Å². The Morgan fingerprint density at radius 2 is 2.14 bits per heavy atom. The van der Waals surface area contributed by atoms with Crippen LogP contribution in [0.1, 0.15) is 16.1 Å². The van der Waals surface area contributed by atoms with E-state index in [0.717, 1.165) is 22.2 Å². The van der Waals surface area contributed by atoms with Crippen LogP contribution in [0, 0.1) is 0 Å². The minimum Gasteiger partial charge on any atom is -0.459 e. The number of aromatic nitrogens is 3. The highest BCUT2D eigenvalue weighted by molar-refractivity contribution is 7.98. The predicted octanol–water partition coefficient (Wildman–Crippen LogP) is 2.94. The Morgan fingerprint density at radius 1 is 1.29 bits per heavy atom. The normalized spacial score (nSPS) is 10.5. The van der Waals surface area contributed by atoms with E-state index in [1.54, 1.807) is 23.9 Å². The monoisotopic (exact) mass is 300 g/mol. The summed E-state index contributed by atoms with van der Waals surface area (Å²) >= 11 is 1.57. The van der Waals surface area contributed by atoms with Gasteiger partial charge in [-0.25, -0.2) is 4.98 Å². The molecule has 1 aromatic carbocycles. The Morgan fingerprint density at radius 3 is 2.81 bits per heavy atom. The quantitative estimate of drug-likeness (QED) is 0.708. The molecule has 21 heavy (non-hydrogen) atoms. The van der Waals surface area contributed by atoms with E-state index in [1.165, 1.54) is 12.6 Å². The van der Waals surface area contributed by atoms with E-state index < -0.39 is 0 Å². The van der Waals surface area contributed by atoms with E-state index in [9.17, 15) is 4.79 Å². The number of nitrogens with zero attached hydrogens (tertiary/aromatic N) is 2. The van der Waals surface area contributed by atoms with Crippen molar-refractivity contribution >= 4 is 23.4 Å². The molecule has 3 aromatic rings. The number of hydrogen-bond donors (Lipinski definition) is 2. The van der Waals surface area contributed by atoms with Crippen molar-refractivity contribution in [2.45, 2.75) is 10.9 Å².